The number of aryl methyl sites for hydroxylation is 2. The first kappa shape index (κ1) is 20.2. The fraction of sp³-hybridized carbons (Fsp3) is 0.300. The van der Waals surface area contributed by atoms with Gasteiger partial charge in [0.2, 0.25) is 5.91 Å². The SMILES string of the molecule is Cc1nc2c(C(N)=O)cnn2c(C)c1CCC(=O)NCCOc1cccc(F)c1. The van der Waals surface area contributed by atoms with E-state index in [1.54, 1.807) is 16.6 Å². The molecule has 0 saturated carbocycles. The van der Waals surface area contributed by atoms with Crippen LogP contribution in [0.2, 0.25) is 0 Å². The Balaban J connectivity index is 1.54. The summed E-state index contributed by atoms with van der Waals surface area (Å²) in [6.45, 7) is 4.24. The van der Waals surface area contributed by atoms with Gasteiger partial charge in [0, 0.05) is 23.9 Å². The molecular formula is C20H22FN5O3. The summed E-state index contributed by atoms with van der Waals surface area (Å²) in [5, 5.41) is 6.94. The number of nitrogens with two attached hydrogens (primary N) is 1. The topological polar surface area (TPSA) is 112 Å². The number of benzene rings is 1. The number of fused-ring (bicyclic) bond motifs is 1. The lowest BCUT2D eigenvalue weighted by atomic mass is 10.1. The predicted octanol–water partition coefficient (Wildman–Crippen LogP) is 1.71. The van der Waals surface area contributed by atoms with E-state index in [1.807, 2.05) is 13.8 Å². The van der Waals surface area contributed by atoms with Crippen molar-refractivity contribution in [1.29, 1.82) is 0 Å². The number of hydrogen-bond donors (Lipinski definition) is 2. The van der Waals surface area contributed by atoms with Gasteiger partial charge in [0.1, 0.15) is 23.7 Å². The summed E-state index contributed by atoms with van der Waals surface area (Å²) in [7, 11) is 0. The van der Waals surface area contributed by atoms with Crippen LogP contribution in [0.15, 0.2) is 30.5 Å². The van der Waals surface area contributed by atoms with Gasteiger partial charge in [-0.3, -0.25) is 9.59 Å². The maximum Gasteiger partial charge on any atom is 0.254 e. The van der Waals surface area contributed by atoms with Gasteiger partial charge in [-0.2, -0.15) is 5.10 Å². The summed E-state index contributed by atoms with van der Waals surface area (Å²) in [5.41, 5.74) is 8.45. The first-order chi connectivity index (χ1) is 13.9. The predicted molar refractivity (Wildman–Crippen MR) is 104 cm³/mol. The maximum absolute atomic E-state index is 13.1. The molecule has 0 aliphatic rings. The first-order valence-corrected chi connectivity index (χ1v) is 9.15. The van der Waals surface area contributed by atoms with Gasteiger partial charge in [0.05, 0.1) is 12.7 Å². The van der Waals surface area contributed by atoms with Gasteiger partial charge in [-0.15, -0.1) is 0 Å². The number of halogens is 1. The molecule has 9 heteroatoms. The second-order valence-corrected chi connectivity index (χ2v) is 6.57. The van der Waals surface area contributed by atoms with Crippen LogP contribution >= 0.6 is 0 Å². The fourth-order valence-electron chi connectivity index (χ4n) is 3.09. The highest BCUT2D eigenvalue weighted by Crippen LogP contribution is 2.18. The van der Waals surface area contributed by atoms with Crippen LogP contribution in [-0.4, -0.2) is 39.6 Å². The number of aromatic nitrogens is 3. The van der Waals surface area contributed by atoms with Gasteiger partial charge in [-0.1, -0.05) is 6.07 Å². The number of rotatable bonds is 8. The van der Waals surface area contributed by atoms with E-state index in [1.165, 1.54) is 18.3 Å². The van der Waals surface area contributed by atoms with E-state index in [2.05, 4.69) is 15.4 Å². The van der Waals surface area contributed by atoms with Crippen LogP contribution in [0, 0.1) is 19.7 Å². The molecule has 8 nitrogen and oxygen atoms in total. The van der Waals surface area contributed by atoms with Crippen LogP contribution in [-0.2, 0) is 11.2 Å². The van der Waals surface area contributed by atoms with Crippen molar-refractivity contribution in [3.05, 3.63) is 58.8 Å². The van der Waals surface area contributed by atoms with Gasteiger partial charge < -0.3 is 15.8 Å². The molecule has 29 heavy (non-hydrogen) atoms. The van der Waals surface area contributed by atoms with E-state index < -0.39 is 5.91 Å². The molecule has 0 bridgehead atoms. The molecule has 0 spiro atoms. The van der Waals surface area contributed by atoms with Gasteiger partial charge in [-0.05, 0) is 38.0 Å². The summed E-state index contributed by atoms with van der Waals surface area (Å²) in [5.74, 6) is -0.675. The van der Waals surface area contributed by atoms with E-state index in [4.69, 9.17) is 10.5 Å². The third-order valence-electron chi connectivity index (χ3n) is 4.57. The van der Waals surface area contributed by atoms with Crippen molar-refractivity contribution in [2.75, 3.05) is 13.2 Å². The molecule has 2 heterocycles. The summed E-state index contributed by atoms with van der Waals surface area (Å²) in [6.07, 6.45) is 2.13. The monoisotopic (exact) mass is 399 g/mol. The average Bonchev–Trinajstić information content (AvgIpc) is 3.09. The molecule has 2 amide bonds. The van der Waals surface area contributed by atoms with Crippen molar-refractivity contribution in [2.24, 2.45) is 5.73 Å². The quantitative estimate of drug-likeness (QED) is 0.560. The molecule has 0 atom stereocenters. The molecule has 0 saturated heterocycles. The summed E-state index contributed by atoms with van der Waals surface area (Å²) >= 11 is 0. The van der Waals surface area contributed by atoms with Crippen molar-refractivity contribution in [1.82, 2.24) is 19.9 Å². The Bertz CT molecular complexity index is 1060. The van der Waals surface area contributed by atoms with Gasteiger partial charge in [0.15, 0.2) is 5.65 Å². The summed E-state index contributed by atoms with van der Waals surface area (Å²) < 4.78 is 20.0. The van der Waals surface area contributed by atoms with Gasteiger partial charge >= 0.3 is 0 Å². The highest BCUT2D eigenvalue weighted by atomic mass is 19.1. The van der Waals surface area contributed by atoms with E-state index in [0.29, 0.717) is 24.4 Å². The highest BCUT2D eigenvalue weighted by Gasteiger charge is 2.17. The smallest absolute Gasteiger partial charge is 0.254 e. The minimum atomic E-state index is -0.584. The van der Waals surface area contributed by atoms with Crippen LogP contribution in [0.1, 0.15) is 33.7 Å². The Hall–Kier alpha value is -3.49. The minimum Gasteiger partial charge on any atom is -0.492 e. The Labute approximate surface area is 166 Å². The molecule has 0 aliphatic carbocycles. The second-order valence-electron chi connectivity index (χ2n) is 6.57. The average molecular weight is 399 g/mol. The third-order valence-corrected chi connectivity index (χ3v) is 4.57. The first-order valence-electron chi connectivity index (χ1n) is 9.15. The molecule has 152 valence electrons. The van der Waals surface area contributed by atoms with E-state index in [-0.39, 0.29) is 30.3 Å². The molecule has 0 unspecified atom stereocenters. The molecule has 0 radical (unpaired) electrons. The molecule has 1 aromatic carbocycles. The van der Waals surface area contributed by atoms with E-state index in [9.17, 15) is 14.0 Å². The highest BCUT2D eigenvalue weighted by molar-refractivity contribution is 5.98. The lowest BCUT2D eigenvalue weighted by Crippen LogP contribution is -2.28. The van der Waals surface area contributed by atoms with Crippen LogP contribution < -0.4 is 15.8 Å². The number of primary amides is 1. The Kier molecular flexibility index (Phi) is 6.06. The van der Waals surface area contributed by atoms with Crippen molar-refractivity contribution in [3.63, 3.8) is 0 Å². The Morgan fingerprint density at radius 2 is 2.10 bits per heavy atom. The van der Waals surface area contributed by atoms with Crippen LogP contribution in [0.4, 0.5) is 4.39 Å². The van der Waals surface area contributed by atoms with Crippen LogP contribution in [0.3, 0.4) is 0 Å². The summed E-state index contributed by atoms with van der Waals surface area (Å²) in [6, 6.07) is 5.83. The number of ether oxygens (including phenoxy) is 1. The number of amides is 2. The van der Waals surface area contributed by atoms with Crippen molar-refractivity contribution >= 4 is 17.5 Å². The van der Waals surface area contributed by atoms with Crippen LogP contribution in [0.5, 0.6) is 5.75 Å². The zero-order valence-corrected chi connectivity index (χ0v) is 16.2. The van der Waals surface area contributed by atoms with Gasteiger partial charge in [0.25, 0.3) is 5.91 Å². The molecule has 3 aromatic rings. The zero-order chi connectivity index (χ0) is 21.0. The second kappa shape index (κ2) is 8.68. The maximum atomic E-state index is 13.1. The lowest BCUT2D eigenvalue weighted by molar-refractivity contribution is -0.121. The molecule has 3 rings (SSSR count). The number of nitrogens with zero attached hydrogens (tertiary/aromatic N) is 3. The van der Waals surface area contributed by atoms with Crippen LogP contribution in [0.25, 0.3) is 5.65 Å². The normalized spacial score (nSPS) is 10.9. The molecule has 0 aliphatic heterocycles. The molecule has 0 fully saturated rings. The number of carbonyl (C=O) groups is 2. The lowest BCUT2D eigenvalue weighted by Gasteiger charge is -2.12. The van der Waals surface area contributed by atoms with Crippen molar-refractivity contribution in [3.8, 4) is 5.75 Å². The Morgan fingerprint density at radius 3 is 2.83 bits per heavy atom. The van der Waals surface area contributed by atoms with E-state index >= 15 is 0 Å². The third kappa shape index (κ3) is 4.68. The minimum absolute atomic E-state index is 0.134. The number of nitrogens with one attached hydrogen (secondary N) is 1. The summed E-state index contributed by atoms with van der Waals surface area (Å²) in [4.78, 5) is 28.0. The number of hydrogen-bond acceptors (Lipinski definition) is 5. The number of carbonyl (C=O) groups excluding carboxylic acids is 2. The van der Waals surface area contributed by atoms with E-state index in [0.717, 1.165) is 17.0 Å². The molecule has 2 aromatic heterocycles. The zero-order valence-electron chi connectivity index (χ0n) is 16.2. The molecule has 3 N–H and O–H groups in total. The van der Waals surface area contributed by atoms with Gasteiger partial charge in [-0.25, -0.2) is 13.9 Å². The van der Waals surface area contributed by atoms with Crippen molar-refractivity contribution in [2.45, 2.75) is 26.7 Å². The van der Waals surface area contributed by atoms with Crippen molar-refractivity contribution < 1.29 is 18.7 Å². The Morgan fingerprint density at radius 1 is 1.31 bits per heavy atom. The largest absolute Gasteiger partial charge is 0.492 e. The fourth-order valence-corrected chi connectivity index (χ4v) is 3.09. The standard InChI is InChI=1S/C20H22FN5O3/c1-12-16(13(2)26-20(25-12)17(11-24-26)19(22)28)6-7-18(27)23-8-9-29-15-5-3-4-14(21)10-15/h3-5,10-11H,6-9H2,1-2H3,(H2,22,28)(H,23,27). The molecular weight excluding hydrogens is 377 g/mol.